The molecule has 0 bridgehead atoms. The second kappa shape index (κ2) is 6.35. The number of hydrogen-bond acceptors (Lipinski definition) is 6. The average molecular weight is 264 g/mol. The summed E-state index contributed by atoms with van der Waals surface area (Å²) in [6.45, 7) is 3.27. The molecule has 7 heteroatoms. The Morgan fingerprint density at radius 2 is 2.26 bits per heavy atom. The van der Waals surface area contributed by atoms with Crippen LogP contribution in [0.25, 0.3) is 0 Å². The van der Waals surface area contributed by atoms with E-state index < -0.39 is 17.0 Å². The number of carbonyl (C=O) groups excluding carboxylic acids is 1. The van der Waals surface area contributed by atoms with Gasteiger partial charge in [0.05, 0.1) is 23.2 Å². The van der Waals surface area contributed by atoms with E-state index in [1.54, 1.807) is 13.0 Å². The molecule has 1 aromatic carbocycles. The molecule has 0 amide bonds. The maximum atomic E-state index is 11.4. The zero-order valence-corrected chi connectivity index (χ0v) is 10.5. The third kappa shape index (κ3) is 3.67. The van der Waals surface area contributed by atoms with Crippen molar-refractivity contribution in [3.05, 3.63) is 33.9 Å². The zero-order valence-electron chi connectivity index (χ0n) is 10.5. The summed E-state index contributed by atoms with van der Waals surface area (Å²) in [5, 5.41) is 19.6. The van der Waals surface area contributed by atoms with Crippen LogP contribution in [0.15, 0.2) is 18.2 Å². The summed E-state index contributed by atoms with van der Waals surface area (Å²) in [5.41, 5.74) is -0.224. The monoisotopic (exact) mass is 264 g/mol. The molecule has 7 nitrogen and oxygen atoms in total. The van der Waals surface area contributed by atoms with Gasteiger partial charge in [-0.05, 0) is 26.0 Å². The van der Waals surface area contributed by atoms with Gasteiger partial charge < -0.3 is 9.47 Å². The van der Waals surface area contributed by atoms with E-state index in [-0.39, 0.29) is 23.6 Å². The molecule has 100 valence electrons. The van der Waals surface area contributed by atoms with Gasteiger partial charge in [0.15, 0.2) is 11.9 Å². The Labute approximate surface area is 109 Å². The highest BCUT2D eigenvalue weighted by Crippen LogP contribution is 2.28. The van der Waals surface area contributed by atoms with Crippen molar-refractivity contribution in [2.45, 2.75) is 20.0 Å². The number of nitriles is 1. The molecule has 1 aromatic rings. The summed E-state index contributed by atoms with van der Waals surface area (Å²) in [6.07, 6.45) is -0.966. The highest BCUT2D eigenvalue weighted by molar-refractivity contribution is 5.74. The smallest absolute Gasteiger partial charge is 0.347 e. The number of carbonyl (C=O) groups is 1. The Balaban J connectivity index is 2.98. The van der Waals surface area contributed by atoms with E-state index in [1.807, 2.05) is 0 Å². The van der Waals surface area contributed by atoms with Crippen LogP contribution in [0.2, 0.25) is 0 Å². The van der Waals surface area contributed by atoms with Gasteiger partial charge in [0.2, 0.25) is 0 Å². The Morgan fingerprint density at radius 1 is 1.58 bits per heavy atom. The van der Waals surface area contributed by atoms with Gasteiger partial charge in [-0.25, -0.2) is 4.79 Å². The van der Waals surface area contributed by atoms with Crippen LogP contribution in [0.4, 0.5) is 5.69 Å². The number of benzene rings is 1. The first kappa shape index (κ1) is 14.4. The summed E-state index contributed by atoms with van der Waals surface area (Å²) < 4.78 is 9.93. The van der Waals surface area contributed by atoms with Crippen LogP contribution in [0.5, 0.6) is 5.75 Å². The minimum absolute atomic E-state index is 0.0791. The van der Waals surface area contributed by atoms with Crippen molar-refractivity contribution in [3.63, 3.8) is 0 Å². The molecule has 0 aliphatic carbocycles. The lowest BCUT2D eigenvalue weighted by atomic mass is 10.2. The standard InChI is InChI=1S/C12H12N2O5/c1-3-18-12(15)8(2)19-11-5-4-9(7-13)6-10(11)14(16)17/h4-6,8H,3H2,1-2H3. The fourth-order valence-corrected chi connectivity index (χ4v) is 1.33. The van der Waals surface area contributed by atoms with Crippen molar-refractivity contribution < 1.29 is 19.2 Å². The summed E-state index contributed by atoms with van der Waals surface area (Å²) in [5.74, 6) is -0.689. The summed E-state index contributed by atoms with van der Waals surface area (Å²) >= 11 is 0. The number of hydrogen-bond donors (Lipinski definition) is 0. The van der Waals surface area contributed by atoms with Crippen LogP contribution in [0.1, 0.15) is 19.4 Å². The van der Waals surface area contributed by atoms with Crippen LogP contribution in [0.3, 0.4) is 0 Å². The van der Waals surface area contributed by atoms with Gasteiger partial charge in [0.1, 0.15) is 0 Å². The van der Waals surface area contributed by atoms with E-state index in [9.17, 15) is 14.9 Å². The highest BCUT2D eigenvalue weighted by Gasteiger charge is 2.22. The normalized spacial score (nSPS) is 11.2. The second-order valence-electron chi connectivity index (χ2n) is 3.56. The number of ether oxygens (including phenoxy) is 2. The predicted octanol–water partition coefficient (Wildman–Crippen LogP) is 1.80. The molecule has 0 radical (unpaired) electrons. The Bertz CT molecular complexity index is 535. The van der Waals surface area contributed by atoms with Crippen LogP contribution in [-0.4, -0.2) is 23.6 Å². The fraction of sp³-hybridized carbons (Fsp3) is 0.333. The molecule has 0 saturated heterocycles. The highest BCUT2D eigenvalue weighted by atomic mass is 16.6. The average Bonchev–Trinajstić information content (AvgIpc) is 2.39. The predicted molar refractivity (Wildman–Crippen MR) is 64.5 cm³/mol. The van der Waals surface area contributed by atoms with Gasteiger partial charge in [-0.3, -0.25) is 10.1 Å². The summed E-state index contributed by atoms with van der Waals surface area (Å²) in [6, 6.07) is 5.54. The number of nitrogens with zero attached hydrogens (tertiary/aromatic N) is 2. The topological polar surface area (TPSA) is 102 Å². The van der Waals surface area contributed by atoms with Crippen LogP contribution >= 0.6 is 0 Å². The molecular formula is C12H12N2O5. The molecule has 0 aliphatic heterocycles. The molecule has 0 aliphatic rings. The quantitative estimate of drug-likeness (QED) is 0.456. The summed E-state index contributed by atoms with van der Waals surface area (Å²) in [4.78, 5) is 21.6. The van der Waals surface area contributed by atoms with Crippen molar-refractivity contribution in [2.24, 2.45) is 0 Å². The third-order valence-electron chi connectivity index (χ3n) is 2.21. The van der Waals surface area contributed by atoms with Gasteiger partial charge >= 0.3 is 11.7 Å². The molecule has 1 unspecified atom stereocenters. The van der Waals surface area contributed by atoms with Gasteiger partial charge in [0, 0.05) is 6.07 Å². The molecule has 0 saturated carbocycles. The fourth-order valence-electron chi connectivity index (χ4n) is 1.33. The molecule has 0 heterocycles. The Kier molecular flexibility index (Phi) is 4.83. The third-order valence-corrected chi connectivity index (χ3v) is 2.21. The number of rotatable bonds is 5. The van der Waals surface area contributed by atoms with E-state index in [1.165, 1.54) is 19.1 Å². The van der Waals surface area contributed by atoms with Crippen molar-refractivity contribution in [3.8, 4) is 11.8 Å². The van der Waals surface area contributed by atoms with E-state index in [4.69, 9.17) is 14.7 Å². The van der Waals surface area contributed by atoms with Crippen LogP contribution < -0.4 is 4.74 Å². The molecule has 0 fully saturated rings. The first-order valence-corrected chi connectivity index (χ1v) is 5.51. The zero-order chi connectivity index (χ0) is 14.4. The minimum Gasteiger partial charge on any atom is -0.472 e. The molecule has 1 atom stereocenters. The molecule has 19 heavy (non-hydrogen) atoms. The van der Waals surface area contributed by atoms with Gasteiger partial charge in [-0.2, -0.15) is 5.26 Å². The minimum atomic E-state index is -0.966. The molecule has 0 spiro atoms. The van der Waals surface area contributed by atoms with E-state index >= 15 is 0 Å². The van der Waals surface area contributed by atoms with Crippen molar-refractivity contribution >= 4 is 11.7 Å². The maximum absolute atomic E-state index is 11.4. The van der Waals surface area contributed by atoms with Gasteiger partial charge in [-0.1, -0.05) is 0 Å². The van der Waals surface area contributed by atoms with Crippen molar-refractivity contribution in [1.29, 1.82) is 5.26 Å². The lowest BCUT2D eigenvalue weighted by molar-refractivity contribution is -0.386. The number of nitro benzene ring substituents is 1. The second-order valence-corrected chi connectivity index (χ2v) is 3.56. The Hall–Kier alpha value is -2.62. The molecule has 1 rings (SSSR count). The van der Waals surface area contributed by atoms with Gasteiger partial charge in [0.25, 0.3) is 0 Å². The number of nitro groups is 1. The first-order chi connectivity index (χ1) is 8.99. The van der Waals surface area contributed by atoms with Crippen LogP contribution in [0, 0.1) is 21.4 Å². The van der Waals surface area contributed by atoms with Crippen LogP contribution in [-0.2, 0) is 9.53 Å². The van der Waals surface area contributed by atoms with Crippen molar-refractivity contribution in [2.75, 3.05) is 6.61 Å². The maximum Gasteiger partial charge on any atom is 0.347 e. The largest absolute Gasteiger partial charge is 0.472 e. The molecule has 0 N–H and O–H groups in total. The van der Waals surface area contributed by atoms with E-state index in [0.717, 1.165) is 6.07 Å². The van der Waals surface area contributed by atoms with Gasteiger partial charge in [-0.15, -0.1) is 0 Å². The molecular weight excluding hydrogens is 252 g/mol. The SMILES string of the molecule is CCOC(=O)C(C)Oc1ccc(C#N)cc1[N+](=O)[O-]. The summed E-state index contributed by atoms with van der Waals surface area (Å²) in [7, 11) is 0. The molecule has 0 aromatic heterocycles. The Morgan fingerprint density at radius 3 is 2.79 bits per heavy atom. The number of esters is 1. The lowest BCUT2D eigenvalue weighted by Crippen LogP contribution is -2.26. The van der Waals surface area contributed by atoms with E-state index in [0.29, 0.717) is 0 Å². The van der Waals surface area contributed by atoms with Crippen molar-refractivity contribution in [1.82, 2.24) is 0 Å². The lowest BCUT2D eigenvalue weighted by Gasteiger charge is -2.13. The van der Waals surface area contributed by atoms with E-state index in [2.05, 4.69) is 0 Å². The first-order valence-electron chi connectivity index (χ1n) is 5.51.